The predicted molar refractivity (Wildman–Crippen MR) is 137 cm³/mol. The van der Waals surface area contributed by atoms with Crippen LogP contribution in [0.2, 0.25) is 0 Å². The Labute approximate surface area is 226 Å². The topological polar surface area (TPSA) is 94.2 Å². The molecule has 1 spiro atoms. The van der Waals surface area contributed by atoms with Gasteiger partial charge in [0.1, 0.15) is 0 Å². The SMILES string of the molecule is O=C1CCN(c2cc(C(=O)N3CCC4(CCC(CN5CCNCC5)CC4)CC3)ccc2OC(F)(F)F)C(=O)N1. The van der Waals surface area contributed by atoms with Crippen molar-refractivity contribution in [2.75, 3.05) is 57.3 Å². The van der Waals surface area contributed by atoms with E-state index >= 15 is 0 Å². The summed E-state index contributed by atoms with van der Waals surface area (Å²) in [4.78, 5) is 42.6. The first-order valence-electron chi connectivity index (χ1n) is 13.8. The Morgan fingerprint density at radius 3 is 2.33 bits per heavy atom. The first-order valence-corrected chi connectivity index (χ1v) is 13.8. The lowest BCUT2D eigenvalue weighted by Crippen LogP contribution is -2.50. The fraction of sp³-hybridized carbons (Fsp3) is 0.667. The van der Waals surface area contributed by atoms with Gasteiger partial charge in [0, 0.05) is 64.3 Å². The number of hydrogen-bond acceptors (Lipinski definition) is 6. The van der Waals surface area contributed by atoms with Crippen molar-refractivity contribution >= 4 is 23.5 Å². The number of halogens is 3. The minimum absolute atomic E-state index is 0.0698. The highest BCUT2D eigenvalue weighted by molar-refractivity contribution is 6.07. The van der Waals surface area contributed by atoms with Gasteiger partial charge >= 0.3 is 12.4 Å². The van der Waals surface area contributed by atoms with Gasteiger partial charge in [0.25, 0.3) is 5.91 Å². The van der Waals surface area contributed by atoms with E-state index < -0.39 is 24.1 Å². The zero-order valence-electron chi connectivity index (χ0n) is 22.0. The molecule has 1 saturated carbocycles. The van der Waals surface area contributed by atoms with E-state index in [1.165, 1.54) is 44.4 Å². The van der Waals surface area contributed by atoms with Crippen LogP contribution in [0.15, 0.2) is 18.2 Å². The lowest BCUT2D eigenvalue weighted by atomic mass is 9.65. The molecule has 3 heterocycles. The van der Waals surface area contributed by atoms with E-state index in [0.717, 1.165) is 55.9 Å². The number of rotatable bonds is 5. The molecule has 1 aliphatic carbocycles. The minimum atomic E-state index is -4.98. The molecule has 12 heteroatoms. The van der Waals surface area contributed by atoms with E-state index in [-0.39, 0.29) is 35.5 Å². The van der Waals surface area contributed by atoms with Crippen LogP contribution in [0.4, 0.5) is 23.7 Å². The van der Waals surface area contributed by atoms with Gasteiger partial charge in [-0.3, -0.25) is 19.8 Å². The quantitative estimate of drug-likeness (QED) is 0.583. The normalized spacial score (nSPS) is 23.2. The fourth-order valence-electron chi connectivity index (χ4n) is 6.46. The van der Waals surface area contributed by atoms with Gasteiger partial charge in [-0.2, -0.15) is 0 Å². The first kappa shape index (κ1) is 27.7. The predicted octanol–water partition coefficient (Wildman–Crippen LogP) is 3.35. The van der Waals surface area contributed by atoms with Gasteiger partial charge in [-0.25, -0.2) is 4.79 Å². The van der Waals surface area contributed by atoms with Gasteiger partial charge in [0.05, 0.1) is 5.69 Å². The number of imide groups is 1. The van der Waals surface area contributed by atoms with Crippen LogP contribution in [-0.2, 0) is 4.79 Å². The number of carbonyl (C=O) groups excluding carboxylic acids is 3. The van der Waals surface area contributed by atoms with Crippen molar-refractivity contribution < 1.29 is 32.3 Å². The molecule has 39 heavy (non-hydrogen) atoms. The van der Waals surface area contributed by atoms with Crippen molar-refractivity contribution in [2.45, 2.75) is 51.3 Å². The maximum Gasteiger partial charge on any atom is 0.573 e. The molecular weight excluding hydrogens is 515 g/mol. The summed E-state index contributed by atoms with van der Waals surface area (Å²) in [6.45, 7) is 6.59. The third-order valence-electron chi connectivity index (χ3n) is 8.78. The smallest absolute Gasteiger partial charge is 0.404 e. The summed E-state index contributed by atoms with van der Waals surface area (Å²) < 4.78 is 43.2. The van der Waals surface area contributed by atoms with Crippen molar-refractivity contribution in [1.82, 2.24) is 20.4 Å². The van der Waals surface area contributed by atoms with Gasteiger partial charge < -0.3 is 19.9 Å². The number of benzene rings is 1. The van der Waals surface area contributed by atoms with E-state index in [4.69, 9.17) is 0 Å². The van der Waals surface area contributed by atoms with Crippen LogP contribution in [0.3, 0.4) is 0 Å². The number of hydrogen-bond donors (Lipinski definition) is 2. The molecule has 1 aromatic carbocycles. The summed E-state index contributed by atoms with van der Waals surface area (Å²) in [7, 11) is 0. The molecule has 3 aliphatic heterocycles. The monoisotopic (exact) mass is 551 g/mol. The van der Waals surface area contributed by atoms with Crippen LogP contribution in [-0.4, -0.2) is 86.4 Å². The number of anilines is 1. The summed E-state index contributed by atoms with van der Waals surface area (Å²) >= 11 is 0. The number of piperazine rings is 1. The van der Waals surface area contributed by atoms with E-state index in [2.05, 4.69) is 20.3 Å². The maximum absolute atomic E-state index is 13.4. The average molecular weight is 552 g/mol. The summed E-state index contributed by atoms with van der Waals surface area (Å²) in [5.41, 5.74) is 0.240. The van der Waals surface area contributed by atoms with Crippen LogP contribution in [0.25, 0.3) is 0 Å². The van der Waals surface area contributed by atoms with Crippen molar-refractivity contribution in [3.05, 3.63) is 23.8 Å². The van der Waals surface area contributed by atoms with E-state index in [0.29, 0.717) is 13.1 Å². The highest BCUT2D eigenvalue weighted by atomic mass is 19.4. The molecule has 1 aromatic rings. The number of nitrogens with zero attached hydrogens (tertiary/aromatic N) is 3. The zero-order chi connectivity index (χ0) is 27.6. The van der Waals surface area contributed by atoms with Crippen LogP contribution < -0.4 is 20.3 Å². The van der Waals surface area contributed by atoms with E-state index in [1.807, 2.05) is 0 Å². The second-order valence-electron chi connectivity index (χ2n) is 11.3. The van der Waals surface area contributed by atoms with Crippen molar-refractivity contribution in [3.8, 4) is 5.75 Å². The second kappa shape index (κ2) is 11.3. The first-order chi connectivity index (χ1) is 18.6. The molecule has 9 nitrogen and oxygen atoms in total. The average Bonchev–Trinajstić information content (AvgIpc) is 2.90. The van der Waals surface area contributed by atoms with Crippen LogP contribution in [0.5, 0.6) is 5.75 Å². The number of ether oxygens (including phenoxy) is 1. The van der Waals surface area contributed by atoms with E-state index in [1.54, 1.807) is 4.90 Å². The van der Waals surface area contributed by atoms with Gasteiger partial charge in [0.2, 0.25) is 5.91 Å². The van der Waals surface area contributed by atoms with Crippen LogP contribution >= 0.6 is 0 Å². The third kappa shape index (κ3) is 6.66. The number of alkyl halides is 3. The van der Waals surface area contributed by atoms with E-state index in [9.17, 15) is 27.6 Å². The number of likely N-dealkylation sites (tertiary alicyclic amines) is 1. The van der Waals surface area contributed by atoms with Gasteiger partial charge in [-0.15, -0.1) is 13.2 Å². The molecule has 0 atom stereocenters. The molecule has 4 amide bonds. The molecule has 0 bridgehead atoms. The Kier molecular flexibility index (Phi) is 8.04. The third-order valence-corrected chi connectivity index (χ3v) is 8.78. The Balaban J connectivity index is 1.22. The van der Waals surface area contributed by atoms with Crippen molar-refractivity contribution in [3.63, 3.8) is 0 Å². The Morgan fingerprint density at radius 1 is 1.00 bits per heavy atom. The van der Waals surface area contributed by atoms with Crippen LogP contribution in [0, 0.1) is 11.3 Å². The number of nitrogens with one attached hydrogen (secondary N) is 2. The van der Waals surface area contributed by atoms with Gasteiger partial charge in [0.15, 0.2) is 5.75 Å². The fourth-order valence-corrected chi connectivity index (χ4v) is 6.46. The maximum atomic E-state index is 13.4. The second-order valence-corrected chi connectivity index (χ2v) is 11.3. The molecule has 2 N–H and O–H groups in total. The molecule has 214 valence electrons. The van der Waals surface area contributed by atoms with Gasteiger partial charge in [-0.05, 0) is 68.1 Å². The summed E-state index contributed by atoms with van der Waals surface area (Å²) in [6.07, 6.45) is 1.54. The summed E-state index contributed by atoms with van der Waals surface area (Å²) in [6, 6.07) is 2.76. The lowest BCUT2D eigenvalue weighted by Gasteiger charge is -2.46. The Morgan fingerprint density at radius 2 is 1.69 bits per heavy atom. The number of piperidine rings is 1. The Bertz CT molecular complexity index is 1070. The van der Waals surface area contributed by atoms with Crippen LogP contribution in [0.1, 0.15) is 55.3 Å². The zero-order valence-corrected chi connectivity index (χ0v) is 22.0. The molecule has 4 fully saturated rings. The van der Waals surface area contributed by atoms with Crippen molar-refractivity contribution in [1.29, 1.82) is 0 Å². The molecular formula is C27H36F3N5O4. The summed E-state index contributed by atoms with van der Waals surface area (Å²) in [5, 5.41) is 5.50. The minimum Gasteiger partial charge on any atom is -0.404 e. The lowest BCUT2D eigenvalue weighted by molar-refractivity contribution is -0.274. The highest BCUT2D eigenvalue weighted by Crippen LogP contribution is 2.46. The highest BCUT2D eigenvalue weighted by Gasteiger charge is 2.40. The molecule has 3 saturated heterocycles. The molecule has 0 radical (unpaired) electrons. The molecule has 4 aliphatic rings. The molecule has 0 unspecified atom stereocenters. The number of carbonyl (C=O) groups is 3. The van der Waals surface area contributed by atoms with Gasteiger partial charge in [-0.1, -0.05) is 0 Å². The standard InChI is InChI=1S/C27H36F3N5O4/c28-27(29,30)39-22-2-1-20(17-21(22)35-12-5-23(36)32-25(35)38)24(37)34-13-8-26(9-14-34)6-3-19(4-7-26)18-33-15-10-31-11-16-33/h1-2,17,19,31H,3-16,18H2,(H,32,36,38). The summed E-state index contributed by atoms with van der Waals surface area (Å²) in [5.74, 6) is -0.669. The number of urea groups is 1. The largest absolute Gasteiger partial charge is 0.573 e. The van der Waals surface area contributed by atoms with Crippen molar-refractivity contribution in [2.24, 2.45) is 11.3 Å². The number of amides is 4. The Hall–Kier alpha value is -2.86. The molecule has 5 rings (SSSR count). The molecule has 0 aromatic heterocycles.